The monoisotopic (exact) mass is 546 g/mol. The van der Waals surface area contributed by atoms with Crippen LogP contribution in [0.4, 0.5) is 5.69 Å². The zero-order chi connectivity index (χ0) is 28.5. The SMILES string of the molecule is CCCn1c(=O)c2c(nc(Cc3ccccc3)n2CCN(CC)CCO)n(CCCCc2cccc(N)c2)c1=O. The molecule has 0 radical (unpaired) electrons. The van der Waals surface area contributed by atoms with Gasteiger partial charge in [0.25, 0.3) is 5.56 Å². The molecule has 9 heteroatoms. The molecule has 3 N–H and O–H groups in total. The van der Waals surface area contributed by atoms with Crippen LogP contribution in [0, 0.1) is 0 Å². The lowest BCUT2D eigenvalue weighted by molar-refractivity contribution is 0.197. The highest BCUT2D eigenvalue weighted by atomic mass is 16.3. The molecule has 2 aromatic carbocycles. The van der Waals surface area contributed by atoms with Crippen LogP contribution in [-0.2, 0) is 32.5 Å². The van der Waals surface area contributed by atoms with E-state index < -0.39 is 0 Å². The minimum atomic E-state index is -0.297. The molecule has 9 nitrogen and oxygen atoms in total. The highest BCUT2D eigenvalue weighted by molar-refractivity contribution is 5.71. The maximum Gasteiger partial charge on any atom is 0.332 e. The van der Waals surface area contributed by atoms with Crippen molar-refractivity contribution in [3.63, 3.8) is 0 Å². The molecule has 4 aromatic rings. The fraction of sp³-hybridized carbons (Fsp3) is 0.452. The Morgan fingerprint density at radius 3 is 2.35 bits per heavy atom. The van der Waals surface area contributed by atoms with Gasteiger partial charge in [-0.25, -0.2) is 9.78 Å². The number of hydrogen-bond acceptors (Lipinski definition) is 6. The number of hydrogen-bond donors (Lipinski definition) is 2. The molecule has 0 spiro atoms. The predicted octanol–water partition coefficient (Wildman–Crippen LogP) is 3.28. The van der Waals surface area contributed by atoms with Gasteiger partial charge in [0.2, 0.25) is 0 Å². The second-order valence-corrected chi connectivity index (χ2v) is 10.3. The third-order valence-corrected chi connectivity index (χ3v) is 7.40. The van der Waals surface area contributed by atoms with E-state index in [4.69, 9.17) is 10.7 Å². The molecule has 0 bridgehead atoms. The van der Waals surface area contributed by atoms with Crippen LogP contribution in [0.2, 0.25) is 0 Å². The van der Waals surface area contributed by atoms with Crippen LogP contribution >= 0.6 is 0 Å². The first-order chi connectivity index (χ1) is 19.5. The summed E-state index contributed by atoms with van der Waals surface area (Å²) in [7, 11) is 0. The number of nitrogen functional groups attached to an aromatic ring is 1. The van der Waals surface area contributed by atoms with Crippen LogP contribution in [-0.4, -0.2) is 54.9 Å². The first-order valence-electron chi connectivity index (χ1n) is 14.4. The standard InChI is InChI=1S/C31H42N6O3/c1-3-16-37-30(39)28-29(36(31(37)40)17-9-8-13-24-14-10-15-26(32)22-24)33-27(23-25-11-6-5-7-12-25)35(28)19-18-34(4-2)20-21-38/h5-7,10-12,14-15,22,38H,3-4,8-9,13,16-21,23,32H2,1-2H3. The van der Waals surface area contributed by atoms with Gasteiger partial charge in [-0.2, -0.15) is 0 Å². The second kappa shape index (κ2) is 14.1. The highest BCUT2D eigenvalue weighted by Crippen LogP contribution is 2.17. The van der Waals surface area contributed by atoms with E-state index in [0.717, 1.165) is 42.9 Å². The smallest absolute Gasteiger partial charge is 0.332 e. The number of aryl methyl sites for hydroxylation is 2. The van der Waals surface area contributed by atoms with Crippen LogP contribution in [0.5, 0.6) is 0 Å². The lowest BCUT2D eigenvalue weighted by atomic mass is 10.1. The average Bonchev–Trinajstić information content (AvgIpc) is 3.31. The van der Waals surface area contributed by atoms with Gasteiger partial charge in [0.1, 0.15) is 5.82 Å². The van der Waals surface area contributed by atoms with E-state index in [1.807, 2.05) is 60.0 Å². The summed E-state index contributed by atoms with van der Waals surface area (Å²) in [6.07, 6.45) is 3.76. The normalized spacial score (nSPS) is 11.6. The third kappa shape index (κ3) is 6.89. The van der Waals surface area contributed by atoms with Gasteiger partial charge in [0.15, 0.2) is 11.2 Å². The van der Waals surface area contributed by atoms with E-state index in [-0.39, 0.29) is 17.9 Å². The van der Waals surface area contributed by atoms with Gasteiger partial charge in [-0.3, -0.25) is 18.8 Å². The summed E-state index contributed by atoms with van der Waals surface area (Å²) in [4.78, 5) is 34.5. The number of aromatic nitrogens is 4. The minimum Gasteiger partial charge on any atom is -0.399 e. The molecule has 2 aromatic heterocycles. The predicted molar refractivity (Wildman–Crippen MR) is 161 cm³/mol. The molecular formula is C31H42N6O3. The Morgan fingerprint density at radius 1 is 0.875 bits per heavy atom. The van der Waals surface area contributed by atoms with Crippen molar-refractivity contribution in [2.75, 3.05) is 32.0 Å². The summed E-state index contributed by atoms with van der Waals surface area (Å²) in [5.74, 6) is 0.764. The van der Waals surface area contributed by atoms with Gasteiger partial charge in [0, 0.05) is 44.8 Å². The van der Waals surface area contributed by atoms with E-state index >= 15 is 0 Å². The number of unbranched alkanes of at least 4 members (excludes halogenated alkanes) is 1. The number of fused-ring (bicyclic) bond motifs is 1. The van der Waals surface area contributed by atoms with E-state index in [1.165, 1.54) is 10.1 Å². The molecule has 0 amide bonds. The molecule has 0 aliphatic heterocycles. The van der Waals surface area contributed by atoms with Crippen molar-refractivity contribution in [2.24, 2.45) is 0 Å². The maximum atomic E-state index is 13.8. The number of aliphatic hydroxyl groups is 1. The Balaban J connectivity index is 1.74. The molecule has 2 heterocycles. The van der Waals surface area contributed by atoms with Gasteiger partial charge < -0.3 is 15.4 Å². The molecular weight excluding hydrogens is 504 g/mol. The Bertz CT molecular complexity index is 1510. The van der Waals surface area contributed by atoms with Gasteiger partial charge in [-0.1, -0.05) is 56.3 Å². The average molecular weight is 547 g/mol. The summed E-state index contributed by atoms with van der Waals surface area (Å²) < 4.78 is 5.07. The van der Waals surface area contributed by atoms with E-state index in [0.29, 0.717) is 56.7 Å². The molecule has 0 aliphatic carbocycles. The molecule has 0 atom stereocenters. The van der Waals surface area contributed by atoms with E-state index in [2.05, 4.69) is 17.9 Å². The van der Waals surface area contributed by atoms with Crippen LogP contribution < -0.4 is 17.0 Å². The Kier molecular flexibility index (Phi) is 10.3. The van der Waals surface area contributed by atoms with Crippen molar-refractivity contribution in [2.45, 2.75) is 65.6 Å². The quantitative estimate of drug-likeness (QED) is 0.175. The summed E-state index contributed by atoms with van der Waals surface area (Å²) >= 11 is 0. The fourth-order valence-electron chi connectivity index (χ4n) is 5.27. The fourth-order valence-corrected chi connectivity index (χ4v) is 5.27. The lowest BCUT2D eigenvalue weighted by Crippen LogP contribution is -2.41. The number of aliphatic hydroxyl groups excluding tert-OH is 1. The topological polar surface area (TPSA) is 111 Å². The van der Waals surface area contributed by atoms with Gasteiger partial charge >= 0.3 is 5.69 Å². The van der Waals surface area contributed by atoms with Crippen LogP contribution in [0.1, 0.15) is 50.1 Å². The molecule has 0 fully saturated rings. The maximum absolute atomic E-state index is 13.8. The number of nitrogens with zero attached hydrogens (tertiary/aromatic N) is 5. The van der Waals surface area contributed by atoms with Gasteiger partial charge in [0.05, 0.1) is 6.61 Å². The Labute approximate surface area is 235 Å². The van der Waals surface area contributed by atoms with Crippen molar-refractivity contribution in [1.29, 1.82) is 0 Å². The summed E-state index contributed by atoms with van der Waals surface area (Å²) in [5.41, 5.74) is 9.31. The van der Waals surface area contributed by atoms with Crippen molar-refractivity contribution in [3.05, 3.63) is 92.4 Å². The summed E-state index contributed by atoms with van der Waals surface area (Å²) in [6.45, 7) is 7.51. The van der Waals surface area contributed by atoms with Crippen molar-refractivity contribution < 1.29 is 5.11 Å². The second-order valence-electron chi connectivity index (χ2n) is 10.3. The first-order valence-corrected chi connectivity index (χ1v) is 14.4. The molecule has 0 saturated heterocycles. The Hall–Kier alpha value is -3.69. The van der Waals surface area contributed by atoms with Crippen molar-refractivity contribution >= 4 is 16.9 Å². The van der Waals surface area contributed by atoms with Crippen molar-refractivity contribution in [3.8, 4) is 0 Å². The summed E-state index contributed by atoms with van der Waals surface area (Å²) in [6, 6.07) is 17.9. The van der Waals surface area contributed by atoms with Gasteiger partial charge in [-0.15, -0.1) is 0 Å². The highest BCUT2D eigenvalue weighted by Gasteiger charge is 2.22. The summed E-state index contributed by atoms with van der Waals surface area (Å²) in [5, 5.41) is 9.48. The number of rotatable bonds is 15. The third-order valence-electron chi connectivity index (χ3n) is 7.40. The van der Waals surface area contributed by atoms with Crippen LogP contribution in [0.25, 0.3) is 11.2 Å². The largest absolute Gasteiger partial charge is 0.399 e. The van der Waals surface area contributed by atoms with E-state index in [1.54, 1.807) is 4.57 Å². The zero-order valence-electron chi connectivity index (χ0n) is 23.8. The molecule has 0 unspecified atom stereocenters. The number of nitrogens with two attached hydrogens (primary N) is 1. The van der Waals surface area contributed by atoms with Crippen molar-refractivity contribution in [1.82, 2.24) is 23.6 Å². The molecule has 40 heavy (non-hydrogen) atoms. The van der Waals surface area contributed by atoms with E-state index in [9.17, 15) is 14.7 Å². The molecule has 4 rings (SSSR count). The number of benzene rings is 2. The number of likely N-dealkylation sites (N-methyl/N-ethyl adjacent to an activating group) is 1. The molecule has 214 valence electrons. The first kappa shape index (κ1) is 29.3. The lowest BCUT2D eigenvalue weighted by Gasteiger charge is -2.20. The molecule has 0 aliphatic rings. The number of imidazole rings is 1. The van der Waals surface area contributed by atoms with Crippen LogP contribution in [0.3, 0.4) is 0 Å². The molecule has 0 saturated carbocycles. The zero-order valence-corrected chi connectivity index (χ0v) is 23.8. The number of anilines is 1. The Morgan fingerprint density at radius 2 is 1.65 bits per heavy atom. The minimum absolute atomic E-state index is 0.0772. The van der Waals surface area contributed by atoms with Gasteiger partial charge in [-0.05, 0) is 55.5 Å². The van der Waals surface area contributed by atoms with Crippen LogP contribution in [0.15, 0.2) is 64.2 Å².